The first-order chi connectivity index (χ1) is 14.3. The van der Waals surface area contributed by atoms with Gasteiger partial charge in [-0.15, -0.1) is 0 Å². The largest absolute Gasteiger partial charge is 0.369 e. The van der Waals surface area contributed by atoms with Gasteiger partial charge in [-0.1, -0.05) is 35.3 Å². The number of fused-ring (bicyclic) bond motifs is 1. The van der Waals surface area contributed by atoms with Crippen LogP contribution in [0.3, 0.4) is 0 Å². The van der Waals surface area contributed by atoms with E-state index in [1.807, 2.05) is 0 Å². The van der Waals surface area contributed by atoms with Crippen LogP contribution in [0.1, 0.15) is 27.7 Å². The van der Waals surface area contributed by atoms with Crippen molar-refractivity contribution in [1.29, 1.82) is 0 Å². The quantitative estimate of drug-likeness (QED) is 0.334. The third-order valence-corrected chi connectivity index (χ3v) is 5.68. The van der Waals surface area contributed by atoms with Crippen LogP contribution in [0.4, 0.5) is 8.78 Å². The Hall–Kier alpha value is -2.32. The van der Waals surface area contributed by atoms with E-state index in [4.69, 9.17) is 23.2 Å². The monoisotopic (exact) mass is 510 g/mol. The van der Waals surface area contributed by atoms with Gasteiger partial charge in [-0.05, 0) is 46.3 Å². The van der Waals surface area contributed by atoms with E-state index in [2.05, 4.69) is 20.9 Å². The molecular formula is C21H11BrCl2F2N2O2. The maximum atomic E-state index is 14.2. The lowest BCUT2D eigenvalue weighted by atomic mass is 10.0. The van der Waals surface area contributed by atoms with Crippen molar-refractivity contribution in [3.63, 3.8) is 0 Å². The maximum Gasteiger partial charge on any atom is 0.201 e. The van der Waals surface area contributed by atoms with Gasteiger partial charge in [0.25, 0.3) is 0 Å². The molecular weight excluding hydrogens is 501 g/mol. The Balaban J connectivity index is 1.95. The van der Waals surface area contributed by atoms with Gasteiger partial charge in [-0.25, -0.2) is 13.8 Å². The number of halogens is 5. The molecule has 0 bridgehead atoms. The average Bonchev–Trinajstić information content (AvgIpc) is 3.06. The summed E-state index contributed by atoms with van der Waals surface area (Å²) < 4.78 is 30.3. The Kier molecular flexibility index (Phi) is 5.63. The number of rotatable bonds is 4. The first kappa shape index (κ1) is 20.9. The van der Waals surface area contributed by atoms with Crippen molar-refractivity contribution >= 4 is 55.9 Å². The number of hydrogen-bond acceptors (Lipinski definition) is 3. The fourth-order valence-corrected chi connectivity index (χ4v) is 4.14. The Morgan fingerprint density at radius 1 is 1.10 bits per heavy atom. The fraction of sp³-hybridized carbons (Fsp3) is 0.0476. The number of carbonyl (C=O) groups excluding carboxylic acids is 1. The summed E-state index contributed by atoms with van der Waals surface area (Å²) in [5.74, 6) is -2.86. The summed E-state index contributed by atoms with van der Waals surface area (Å²) in [4.78, 5) is 17.3. The van der Waals surface area contributed by atoms with E-state index in [-0.39, 0.29) is 26.8 Å². The molecule has 0 saturated heterocycles. The SMILES string of the molecule is O=C(c1c(F)cccc1F)c1cn(C(O)c2c(Cl)cccc2Cl)c2ncc(Br)cc12. The second kappa shape index (κ2) is 8.07. The Morgan fingerprint density at radius 2 is 1.70 bits per heavy atom. The number of aromatic nitrogens is 2. The molecule has 2 aromatic carbocycles. The van der Waals surface area contributed by atoms with Crippen LogP contribution < -0.4 is 0 Å². The zero-order valence-electron chi connectivity index (χ0n) is 14.9. The molecule has 2 heterocycles. The first-order valence-electron chi connectivity index (χ1n) is 8.56. The standard InChI is InChI=1S/C21H11BrCl2F2N2O2/c22-10-7-11-12(19(29)18-15(25)5-2-6-16(18)26)9-28(20(11)27-8-10)21(30)17-13(23)3-1-4-14(17)24/h1-9,21,30H. The summed E-state index contributed by atoms with van der Waals surface area (Å²) in [5.41, 5.74) is -0.313. The zero-order valence-corrected chi connectivity index (χ0v) is 18.0. The van der Waals surface area contributed by atoms with Crippen LogP contribution >= 0.6 is 39.1 Å². The molecule has 1 atom stereocenters. The van der Waals surface area contributed by atoms with E-state index in [1.165, 1.54) is 23.0 Å². The van der Waals surface area contributed by atoms with E-state index in [0.717, 1.165) is 12.1 Å². The predicted molar refractivity (Wildman–Crippen MR) is 114 cm³/mol. The van der Waals surface area contributed by atoms with Crippen LogP contribution in [0.15, 0.2) is 59.3 Å². The molecule has 9 heteroatoms. The minimum Gasteiger partial charge on any atom is -0.369 e. The highest BCUT2D eigenvalue weighted by molar-refractivity contribution is 9.10. The number of aliphatic hydroxyl groups is 1. The molecule has 1 unspecified atom stereocenters. The zero-order chi connectivity index (χ0) is 21.6. The van der Waals surface area contributed by atoms with Gasteiger partial charge in [0.05, 0.1) is 11.1 Å². The lowest BCUT2D eigenvalue weighted by Gasteiger charge is -2.16. The van der Waals surface area contributed by atoms with Crippen LogP contribution in [0.2, 0.25) is 10.0 Å². The van der Waals surface area contributed by atoms with Crippen molar-refractivity contribution in [3.05, 3.63) is 97.7 Å². The number of carbonyl (C=O) groups is 1. The number of pyridine rings is 1. The van der Waals surface area contributed by atoms with Crippen molar-refractivity contribution in [2.75, 3.05) is 0 Å². The third-order valence-electron chi connectivity index (χ3n) is 4.59. The van der Waals surface area contributed by atoms with Crippen LogP contribution in [0.5, 0.6) is 0 Å². The molecule has 152 valence electrons. The molecule has 0 saturated carbocycles. The predicted octanol–water partition coefficient (Wildman–Crippen LogP) is 6.15. The van der Waals surface area contributed by atoms with Gasteiger partial charge in [0.2, 0.25) is 5.78 Å². The summed E-state index contributed by atoms with van der Waals surface area (Å²) >= 11 is 15.7. The Morgan fingerprint density at radius 3 is 2.33 bits per heavy atom. The normalized spacial score (nSPS) is 12.3. The molecule has 0 aliphatic carbocycles. The smallest absolute Gasteiger partial charge is 0.201 e. The van der Waals surface area contributed by atoms with E-state index >= 15 is 0 Å². The molecule has 1 N–H and O–H groups in total. The van der Waals surface area contributed by atoms with E-state index < -0.39 is 29.2 Å². The molecule has 4 rings (SSSR count). The lowest BCUT2D eigenvalue weighted by molar-refractivity contribution is 0.103. The second-order valence-electron chi connectivity index (χ2n) is 6.41. The van der Waals surface area contributed by atoms with Crippen molar-refractivity contribution < 1.29 is 18.7 Å². The number of benzene rings is 2. The molecule has 4 aromatic rings. The van der Waals surface area contributed by atoms with Crippen LogP contribution in [-0.2, 0) is 0 Å². The number of hydrogen-bond donors (Lipinski definition) is 1. The number of aliphatic hydroxyl groups excluding tert-OH is 1. The molecule has 0 fully saturated rings. The highest BCUT2D eigenvalue weighted by atomic mass is 79.9. The van der Waals surface area contributed by atoms with Crippen molar-refractivity contribution in [2.24, 2.45) is 0 Å². The van der Waals surface area contributed by atoms with E-state index in [1.54, 1.807) is 24.3 Å². The highest BCUT2D eigenvalue weighted by Gasteiger charge is 2.27. The van der Waals surface area contributed by atoms with Gasteiger partial charge in [-0.3, -0.25) is 4.79 Å². The van der Waals surface area contributed by atoms with Crippen LogP contribution in [0, 0.1) is 11.6 Å². The van der Waals surface area contributed by atoms with Gasteiger partial charge in [0.15, 0.2) is 6.23 Å². The summed E-state index contributed by atoms with van der Waals surface area (Å²) in [6.07, 6.45) is 1.36. The highest BCUT2D eigenvalue weighted by Crippen LogP contribution is 2.35. The number of ketones is 1. The van der Waals surface area contributed by atoms with Crippen LogP contribution in [0.25, 0.3) is 11.0 Å². The number of nitrogens with zero attached hydrogens (tertiary/aromatic N) is 2. The Bertz CT molecular complexity index is 1270. The molecule has 30 heavy (non-hydrogen) atoms. The molecule has 0 spiro atoms. The first-order valence-corrected chi connectivity index (χ1v) is 10.1. The minimum atomic E-state index is -1.39. The van der Waals surface area contributed by atoms with Gasteiger partial charge < -0.3 is 9.67 Å². The average molecular weight is 512 g/mol. The van der Waals surface area contributed by atoms with E-state index in [9.17, 15) is 18.7 Å². The van der Waals surface area contributed by atoms with Crippen LogP contribution in [-0.4, -0.2) is 20.4 Å². The fourth-order valence-electron chi connectivity index (χ4n) is 3.22. The maximum absolute atomic E-state index is 14.2. The van der Waals surface area contributed by atoms with Gasteiger partial charge >= 0.3 is 0 Å². The van der Waals surface area contributed by atoms with E-state index in [0.29, 0.717) is 9.86 Å². The van der Waals surface area contributed by atoms with Crippen molar-refractivity contribution in [3.8, 4) is 0 Å². The van der Waals surface area contributed by atoms with Gasteiger partial charge in [0.1, 0.15) is 17.3 Å². The minimum absolute atomic E-state index is 0.0370. The molecule has 4 nitrogen and oxygen atoms in total. The molecule has 0 aliphatic heterocycles. The molecule has 2 aromatic heterocycles. The van der Waals surface area contributed by atoms with Gasteiger partial charge in [0, 0.05) is 37.9 Å². The summed E-state index contributed by atoms with van der Waals surface area (Å²) in [6.45, 7) is 0. The molecule has 0 aliphatic rings. The molecule has 0 amide bonds. The third kappa shape index (κ3) is 3.52. The summed E-state index contributed by atoms with van der Waals surface area (Å²) in [5, 5.41) is 11.7. The van der Waals surface area contributed by atoms with Crippen molar-refractivity contribution in [2.45, 2.75) is 6.23 Å². The van der Waals surface area contributed by atoms with Gasteiger partial charge in [-0.2, -0.15) is 0 Å². The lowest BCUT2D eigenvalue weighted by Crippen LogP contribution is -2.11. The Labute approximate surface area is 187 Å². The molecule has 0 radical (unpaired) electrons. The topological polar surface area (TPSA) is 55.1 Å². The summed E-state index contributed by atoms with van der Waals surface area (Å²) in [6, 6.07) is 9.49. The summed E-state index contributed by atoms with van der Waals surface area (Å²) in [7, 11) is 0. The second-order valence-corrected chi connectivity index (χ2v) is 8.14. The van der Waals surface area contributed by atoms with Crippen molar-refractivity contribution in [1.82, 2.24) is 9.55 Å².